The average Bonchev–Trinajstić information content (AvgIpc) is 2.58. The predicted molar refractivity (Wildman–Crippen MR) is 81.9 cm³/mol. The van der Waals surface area contributed by atoms with Gasteiger partial charge in [0.05, 0.1) is 17.6 Å². The molecule has 0 aliphatic carbocycles. The Morgan fingerprint density at radius 3 is 2.43 bits per heavy atom. The molecule has 0 aromatic heterocycles. The third-order valence-electron chi connectivity index (χ3n) is 2.93. The summed E-state index contributed by atoms with van der Waals surface area (Å²) in [5, 5.41) is 11.0. The number of carbonyl (C=O) groups is 1. The molecule has 0 fully saturated rings. The third-order valence-corrected chi connectivity index (χ3v) is 2.93. The first-order chi connectivity index (χ1) is 11.1. The maximum Gasteiger partial charge on any atom is 0.337 e. The number of methoxy groups -OCH3 is 1. The lowest BCUT2D eigenvalue weighted by atomic mass is 10.2. The Kier molecular flexibility index (Phi) is 5.51. The second kappa shape index (κ2) is 7.79. The molecule has 0 unspecified atom stereocenters. The van der Waals surface area contributed by atoms with Crippen molar-refractivity contribution in [2.75, 3.05) is 20.3 Å². The highest BCUT2D eigenvalue weighted by molar-refractivity contribution is 5.90. The fourth-order valence-electron chi connectivity index (χ4n) is 1.85. The van der Waals surface area contributed by atoms with E-state index in [0.29, 0.717) is 5.75 Å². The van der Waals surface area contributed by atoms with Crippen molar-refractivity contribution in [2.24, 2.45) is 0 Å². The van der Waals surface area contributed by atoms with Gasteiger partial charge in [0.2, 0.25) is 0 Å². The van der Waals surface area contributed by atoms with Crippen LogP contribution in [0.2, 0.25) is 0 Å². The van der Waals surface area contributed by atoms with E-state index in [9.17, 15) is 14.9 Å². The predicted octanol–water partition coefficient (Wildman–Crippen LogP) is 2.84. The SMILES string of the molecule is COC(=O)c1ccc([N+](=O)[O-])c(OCCOc2ccccc2)c1. The van der Waals surface area contributed by atoms with E-state index < -0.39 is 10.9 Å². The van der Waals surface area contributed by atoms with Crippen LogP contribution in [0.25, 0.3) is 0 Å². The number of benzene rings is 2. The number of para-hydroxylation sites is 1. The number of carbonyl (C=O) groups excluding carboxylic acids is 1. The van der Waals surface area contributed by atoms with Gasteiger partial charge >= 0.3 is 11.7 Å². The molecule has 0 saturated heterocycles. The molecule has 7 heteroatoms. The van der Waals surface area contributed by atoms with Crippen LogP contribution in [0.3, 0.4) is 0 Å². The third kappa shape index (κ3) is 4.44. The molecule has 7 nitrogen and oxygen atoms in total. The van der Waals surface area contributed by atoms with E-state index in [2.05, 4.69) is 4.74 Å². The van der Waals surface area contributed by atoms with Gasteiger partial charge in [-0.2, -0.15) is 0 Å². The van der Waals surface area contributed by atoms with Gasteiger partial charge in [-0.3, -0.25) is 10.1 Å². The molecule has 0 N–H and O–H groups in total. The van der Waals surface area contributed by atoms with E-state index in [1.165, 1.54) is 25.3 Å². The van der Waals surface area contributed by atoms with Gasteiger partial charge in [0.25, 0.3) is 0 Å². The number of hydrogen-bond acceptors (Lipinski definition) is 6. The zero-order valence-electron chi connectivity index (χ0n) is 12.4. The number of hydrogen-bond donors (Lipinski definition) is 0. The van der Waals surface area contributed by atoms with E-state index in [1.54, 1.807) is 12.1 Å². The number of nitro groups is 1. The first-order valence-corrected chi connectivity index (χ1v) is 6.79. The Morgan fingerprint density at radius 1 is 1.09 bits per heavy atom. The molecule has 2 rings (SSSR count). The summed E-state index contributed by atoms with van der Waals surface area (Å²) >= 11 is 0. The summed E-state index contributed by atoms with van der Waals surface area (Å²) < 4.78 is 15.4. The second-order valence-electron chi connectivity index (χ2n) is 4.44. The largest absolute Gasteiger partial charge is 0.490 e. The highest BCUT2D eigenvalue weighted by Gasteiger charge is 2.18. The minimum Gasteiger partial charge on any atom is -0.490 e. The van der Waals surface area contributed by atoms with Crippen LogP contribution < -0.4 is 9.47 Å². The van der Waals surface area contributed by atoms with Crippen LogP contribution in [0.15, 0.2) is 48.5 Å². The van der Waals surface area contributed by atoms with Gasteiger partial charge in [-0.15, -0.1) is 0 Å². The highest BCUT2D eigenvalue weighted by Crippen LogP contribution is 2.28. The maximum absolute atomic E-state index is 11.5. The normalized spacial score (nSPS) is 9.96. The van der Waals surface area contributed by atoms with Crippen LogP contribution in [-0.2, 0) is 4.74 Å². The van der Waals surface area contributed by atoms with Crippen LogP contribution >= 0.6 is 0 Å². The van der Waals surface area contributed by atoms with E-state index >= 15 is 0 Å². The fraction of sp³-hybridized carbons (Fsp3) is 0.188. The van der Waals surface area contributed by atoms with E-state index in [-0.39, 0.29) is 30.2 Å². The minimum atomic E-state index is -0.592. The average molecular weight is 317 g/mol. The van der Waals surface area contributed by atoms with Gasteiger partial charge in [0, 0.05) is 12.1 Å². The Labute approximate surface area is 132 Å². The number of esters is 1. The molecule has 0 radical (unpaired) electrons. The molecular weight excluding hydrogens is 302 g/mol. The van der Waals surface area contributed by atoms with Crippen molar-refractivity contribution in [3.8, 4) is 11.5 Å². The first kappa shape index (κ1) is 16.3. The van der Waals surface area contributed by atoms with Crippen LogP contribution in [0.5, 0.6) is 11.5 Å². The van der Waals surface area contributed by atoms with Gasteiger partial charge in [0.15, 0.2) is 5.75 Å². The lowest BCUT2D eigenvalue weighted by molar-refractivity contribution is -0.385. The monoisotopic (exact) mass is 317 g/mol. The zero-order valence-corrected chi connectivity index (χ0v) is 12.4. The fourth-order valence-corrected chi connectivity index (χ4v) is 1.85. The van der Waals surface area contributed by atoms with Crippen molar-refractivity contribution < 1.29 is 23.9 Å². The molecule has 0 spiro atoms. The van der Waals surface area contributed by atoms with Crippen LogP contribution in [-0.4, -0.2) is 31.2 Å². The lowest BCUT2D eigenvalue weighted by Crippen LogP contribution is -2.11. The Morgan fingerprint density at radius 2 is 1.78 bits per heavy atom. The number of rotatable bonds is 7. The van der Waals surface area contributed by atoms with Crippen molar-refractivity contribution in [3.63, 3.8) is 0 Å². The van der Waals surface area contributed by atoms with Gasteiger partial charge < -0.3 is 14.2 Å². The molecule has 0 amide bonds. The molecule has 2 aromatic carbocycles. The van der Waals surface area contributed by atoms with Crippen LogP contribution in [0.4, 0.5) is 5.69 Å². The number of nitro benzene ring substituents is 1. The summed E-state index contributed by atoms with van der Waals surface area (Å²) in [6.07, 6.45) is 0. The van der Waals surface area contributed by atoms with Gasteiger partial charge in [0.1, 0.15) is 19.0 Å². The molecule has 0 aliphatic heterocycles. The van der Waals surface area contributed by atoms with Gasteiger partial charge in [-0.25, -0.2) is 4.79 Å². The van der Waals surface area contributed by atoms with Gasteiger partial charge in [-0.05, 0) is 18.2 Å². The summed E-state index contributed by atoms with van der Waals surface area (Å²) in [6, 6.07) is 12.9. The van der Waals surface area contributed by atoms with Crippen molar-refractivity contribution in [1.82, 2.24) is 0 Å². The molecule has 0 heterocycles. The standard InChI is InChI=1S/C16H15NO6/c1-21-16(18)12-7-8-14(17(19)20)15(11-12)23-10-9-22-13-5-3-2-4-6-13/h2-8,11H,9-10H2,1H3. The van der Waals surface area contributed by atoms with E-state index in [1.807, 2.05) is 18.2 Å². The topological polar surface area (TPSA) is 87.9 Å². The Hall–Kier alpha value is -3.09. The second-order valence-corrected chi connectivity index (χ2v) is 4.44. The van der Waals surface area contributed by atoms with Crippen molar-refractivity contribution in [1.29, 1.82) is 0 Å². The molecule has 120 valence electrons. The summed E-state index contributed by atoms with van der Waals surface area (Å²) in [5.41, 5.74) is -0.0468. The minimum absolute atomic E-state index is 0.00504. The molecule has 0 atom stereocenters. The lowest BCUT2D eigenvalue weighted by Gasteiger charge is -2.09. The smallest absolute Gasteiger partial charge is 0.337 e. The summed E-state index contributed by atoms with van der Waals surface area (Å²) in [6.45, 7) is 0.310. The summed E-state index contributed by atoms with van der Waals surface area (Å²) in [7, 11) is 1.23. The Balaban J connectivity index is 2.02. The summed E-state index contributed by atoms with van der Waals surface area (Å²) in [4.78, 5) is 21.9. The van der Waals surface area contributed by atoms with Gasteiger partial charge in [-0.1, -0.05) is 18.2 Å². The van der Waals surface area contributed by atoms with Crippen molar-refractivity contribution in [3.05, 3.63) is 64.2 Å². The molecule has 0 bridgehead atoms. The van der Waals surface area contributed by atoms with Crippen molar-refractivity contribution in [2.45, 2.75) is 0 Å². The number of nitrogens with zero attached hydrogens (tertiary/aromatic N) is 1. The van der Waals surface area contributed by atoms with E-state index in [0.717, 1.165) is 0 Å². The Bertz CT molecular complexity index is 686. The van der Waals surface area contributed by atoms with Crippen molar-refractivity contribution >= 4 is 11.7 Å². The highest BCUT2D eigenvalue weighted by atomic mass is 16.6. The quantitative estimate of drug-likeness (QED) is 0.338. The molecular formula is C16H15NO6. The zero-order chi connectivity index (χ0) is 16.7. The molecule has 0 aliphatic rings. The van der Waals surface area contributed by atoms with Crippen LogP contribution in [0.1, 0.15) is 10.4 Å². The molecule has 23 heavy (non-hydrogen) atoms. The maximum atomic E-state index is 11.5. The number of ether oxygens (including phenoxy) is 3. The van der Waals surface area contributed by atoms with E-state index in [4.69, 9.17) is 9.47 Å². The summed E-state index contributed by atoms with van der Waals surface area (Å²) in [5.74, 6) is 0.0776. The first-order valence-electron chi connectivity index (χ1n) is 6.79. The molecule has 0 saturated carbocycles. The van der Waals surface area contributed by atoms with Crippen LogP contribution in [0, 0.1) is 10.1 Å². The molecule has 2 aromatic rings.